The molecule has 1 aromatic rings. The van der Waals surface area contributed by atoms with E-state index in [1.807, 2.05) is 0 Å². The van der Waals surface area contributed by atoms with E-state index < -0.39 is 22.6 Å². The molecule has 0 radical (unpaired) electrons. The van der Waals surface area contributed by atoms with Crippen molar-refractivity contribution in [3.8, 4) is 0 Å². The number of benzene rings is 1. The molecule has 0 aliphatic heterocycles. The first-order valence-electron chi connectivity index (χ1n) is 5.32. The van der Waals surface area contributed by atoms with Crippen LogP contribution >= 0.6 is 0 Å². The first-order chi connectivity index (χ1) is 8.40. The predicted molar refractivity (Wildman–Crippen MR) is 63.0 cm³/mol. The highest BCUT2D eigenvalue weighted by Crippen LogP contribution is 2.20. The molecule has 7 heteroatoms. The fourth-order valence-corrected chi connectivity index (χ4v) is 1.34. The largest absolute Gasteiger partial charge is 0.481 e. The molecule has 2 N–H and O–H groups in total. The molecule has 98 valence electrons. The molecule has 0 bridgehead atoms. The summed E-state index contributed by atoms with van der Waals surface area (Å²) < 4.78 is 13.1. The molecule has 1 aromatic carbocycles. The Labute approximate surface area is 103 Å². The summed E-state index contributed by atoms with van der Waals surface area (Å²) in [4.78, 5) is 20.4. The van der Waals surface area contributed by atoms with Gasteiger partial charge in [0.15, 0.2) is 0 Å². The summed E-state index contributed by atoms with van der Waals surface area (Å²) in [7, 11) is 0. The van der Waals surface area contributed by atoms with Gasteiger partial charge in [-0.3, -0.25) is 14.9 Å². The lowest BCUT2D eigenvalue weighted by Gasteiger charge is -2.08. The van der Waals surface area contributed by atoms with Crippen molar-refractivity contribution in [1.82, 2.24) is 0 Å². The molecule has 1 unspecified atom stereocenters. The Morgan fingerprint density at radius 2 is 2.22 bits per heavy atom. The molecule has 0 heterocycles. The number of carboxylic acid groups (broad SMARTS) is 1. The van der Waals surface area contributed by atoms with Crippen LogP contribution in [0.5, 0.6) is 0 Å². The van der Waals surface area contributed by atoms with Crippen molar-refractivity contribution >= 4 is 17.3 Å². The molecule has 0 aliphatic carbocycles. The molecule has 0 spiro atoms. The summed E-state index contributed by atoms with van der Waals surface area (Å²) in [5.41, 5.74) is -0.0805. The van der Waals surface area contributed by atoms with Gasteiger partial charge in [0, 0.05) is 18.3 Å². The summed E-state index contributed by atoms with van der Waals surface area (Å²) >= 11 is 0. The zero-order chi connectivity index (χ0) is 13.7. The fraction of sp³-hybridized carbons (Fsp3) is 0.364. The Balaban J connectivity index is 2.62. The molecule has 0 aliphatic rings. The van der Waals surface area contributed by atoms with Crippen LogP contribution in [0, 0.1) is 21.8 Å². The highest BCUT2D eigenvalue weighted by Gasteiger charge is 2.12. The topological polar surface area (TPSA) is 92.5 Å². The van der Waals surface area contributed by atoms with Crippen LogP contribution < -0.4 is 5.32 Å². The van der Waals surface area contributed by atoms with Gasteiger partial charge in [0.1, 0.15) is 5.82 Å². The third-order valence-corrected chi connectivity index (χ3v) is 2.42. The average molecular weight is 256 g/mol. The minimum Gasteiger partial charge on any atom is -0.481 e. The summed E-state index contributed by atoms with van der Waals surface area (Å²) in [6.07, 6.45) is 0.347. The van der Waals surface area contributed by atoms with Gasteiger partial charge in [0.2, 0.25) is 0 Å². The predicted octanol–water partition coefficient (Wildman–Crippen LogP) is 2.26. The van der Waals surface area contributed by atoms with E-state index in [4.69, 9.17) is 5.11 Å². The zero-order valence-electron chi connectivity index (χ0n) is 9.72. The number of carbonyl (C=O) groups is 1. The van der Waals surface area contributed by atoms with E-state index in [0.717, 1.165) is 12.1 Å². The fourth-order valence-electron chi connectivity index (χ4n) is 1.34. The van der Waals surface area contributed by atoms with E-state index in [1.165, 1.54) is 6.07 Å². The maximum Gasteiger partial charge on any atom is 0.306 e. The normalized spacial score (nSPS) is 11.9. The van der Waals surface area contributed by atoms with Crippen LogP contribution in [0.1, 0.15) is 13.3 Å². The van der Waals surface area contributed by atoms with Crippen LogP contribution in [0.25, 0.3) is 0 Å². The average Bonchev–Trinajstić information content (AvgIpc) is 2.27. The van der Waals surface area contributed by atoms with Gasteiger partial charge in [-0.1, -0.05) is 6.92 Å². The second-order valence-electron chi connectivity index (χ2n) is 3.91. The highest BCUT2D eigenvalue weighted by atomic mass is 19.1. The second kappa shape index (κ2) is 5.95. The highest BCUT2D eigenvalue weighted by molar-refractivity contribution is 5.69. The maximum atomic E-state index is 13.1. The number of hydrogen-bond acceptors (Lipinski definition) is 4. The Bertz CT molecular complexity index is 464. The van der Waals surface area contributed by atoms with Gasteiger partial charge in [-0.15, -0.1) is 0 Å². The quantitative estimate of drug-likeness (QED) is 0.601. The van der Waals surface area contributed by atoms with Crippen LogP contribution in [-0.2, 0) is 4.79 Å². The van der Waals surface area contributed by atoms with E-state index >= 15 is 0 Å². The van der Waals surface area contributed by atoms with E-state index in [1.54, 1.807) is 6.92 Å². The maximum absolute atomic E-state index is 13.1. The van der Waals surface area contributed by atoms with Gasteiger partial charge in [0.25, 0.3) is 5.69 Å². The smallest absolute Gasteiger partial charge is 0.306 e. The summed E-state index contributed by atoms with van der Waals surface area (Å²) in [6, 6.07) is 3.15. The molecule has 0 fully saturated rings. The van der Waals surface area contributed by atoms with Crippen LogP contribution in [-0.4, -0.2) is 22.5 Å². The van der Waals surface area contributed by atoms with E-state index in [-0.39, 0.29) is 11.4 Å². The molecule has 0 amide bonds. The Morgan fingerprint density at radius 3 is 2.78 bits per heavy atom. The number of nitrogens with zero attached hydrogens (tertiary/aromatic N) is 1. The van der Waals surface area contributed by atoms with Crippen molar-refractivity contribution < 1.29 is 19.2 Å². The lowest BCUT2D eigenvalue weighted by atomic mass is 10.1. The van der Waals surface area contributed by atoms with Crippen molar-refractivity contribution in [1.29, 1.82) is 0 Å². The van der Waals surface area contributed by atoms with Crippen molar-refractivity contribution in [3.05, 3.63) is 34.1 Å². The van der Waals surface area contributed by atoms with Crippen molar-refractivity contribution in [2.24, 2.45) is 5.92 Å². The molecule has 1 rings (SSSR count). The second-order valence-corrected chi connectivity index (χ2v) is 3.91. The standard InChI is InChI=1S/C11H13FN2O4/c1-7(11(15)16)2-3-13-9-4-8(12)5-10(6-9)14(17)18/h4-7,13H,2-3H2,1H3,(H,15,16). The van der Waals surface area contributed by atoms with Gasteiger partial charge in [-0.2, -0.15) is 0 Å². The zero-order valence-corrected chi connectivity index (χ0v) is 9.72. The first-order valence-corrected chi connectivity index (χ1v) is 5.32. The number of nitrogens with one attached hydrogen (secondary N) is 1. The third kappa shape index (κ3) is 4.00. The minimum absolute atomic E-state index is 0.263. The van der Waals surface area contributed by atoms with E-state index in [2.05, 4.69) is 5.32 Å². The van der Waals surface area contributed by atoms with Crippen LogP contribution in [0.3, 0.4) is 0 Å². The number of carboxylic acids is 1. The van der Waals surface area contributed by atoms with Crippen molar-refractivity contribution in [3.63, 3.8) is 0 Å². The van der Waals surface area contributed by atoms with Gasteiger partial charge >= 0.3 is 5.97 Å². The lowest BCUT2D eigenvalue weighted by molar-refractivity contribution is -0.385. The first kappa shape index (κ1) is 13.9. The van der Waals surface area contributed by atoms with Crippen LogP contribution in [0.2, 0.25) is 0 Å². The molecular weight excluding hydrogens is 243 g/mol. The van der Waals surface area contributed by atoms with Gasteiger partial charge in [0.05, 0.1) is 16.9 Å². The lowest BCUT2D eigenvalue weighted by Crippen LogP contribution is -2.14. The molecule has 6 nitrogen and oxygen atoms in total. The Kier molecular flexibility index (Phi) is 4.59. The molecule has 0 aromatic heterocycles. The third-order valence-electron chi connectivity index (χ3n) is 2.42. The molecule has 1 atom stereocenters. The number of anilines is 1. The molecule has 0 saturated heterocycles. The number of nitro benzene ring substituents is 1. The monoisotopic (exact) mass is 256 g/mol. The van der Waals surface area contributed by atoms with Crippen LogP contribution in [0.15, 0.2) is 18.2 Å². The van der Waals surface area contributed by atoms with Crippen molar-refractivity contribution in [2.75, 3.05) is 11.9 Å². The number of halogens is 1. The van der Waals surface area contributed by atoms with E-state index in [0.29, 0.717) is 13.0 Å². The number of nitro groups is 1. The number of aliphatic carboxylic acids is 1. The molecule has 0 saturated carbocycles. The number of non-ortho nitro benzene ring substituents is 1. The summed E-state index contributed by atoms with van der Waals surface area (Å²) in [5, 5.41) is 21.9. The summed E-state index contributed by atoms with van der Waals surface area (Å²) in [6.45, 7) is 1.85. The van der Waals surface area contributed by atoms with Gasteiger partial charge < -0.3 is 10.4 Å². The number of rotatable bonds is 6. The van der Waals surface area contributed by atoms with Crippen molar-refractivity contribution in [2.45, 2.75) is 13.3 Å². The minimum atomic E-state index is -0.915. The van der Waals surface area contributed by atoms with E-state index in [9.17, 15) is 19.3 Å². The van der Waals surface area contributed by atoms with Gasteiger partial charge in [-0.05, 0) is 12.5 Å². The summed E-state index contributed by atoms with van der Waals surface area (Å²) in [5.74, 6) is -2.15. The van der Waals surface area contributed by atoms with Gasteiger partial charge in [-0.25, -0.2) is 4.39 Å². The number of hydrogen-bond donors (Lipinski definition) is 2. The Morgan fingerprint density at radius 1 is 1.56 bits per heavy atom. The Hall–Kier alpha value is -2.18. The SMILES string of the molecule is CC(CCNc1cc(F)cc([N+](=O)[O-])c1)C(=O)O. The molecule has 18 heavy (non-hydrogen) atoms. The molecular formula is C11H13FN2O4. The van der Waals surface area contributed by atoms with Crippen LogP contribution in [0.4, 0.5) is 15.8 Å².